The van der Waals surface area contributed by atoms with Crippen LogP contribution in [0.15, 0.2) is 18.6 Å². The minimum Gasteiger partial charge on any atom is -0.347 e. The molecule has 5 amide bonds. The predicted molar refractivity (Wildman–Crippen MR) is 183 cm³/mol. The molecule has 2 heterocycles. The number of rotatable bonds is 14. The third-order valence-corrected chi connectivity index (χ3v) is 10.5. The Hall–Kier alpha value is -3.90. The summed E-state index contributed by atoms with van der Waals surface area (Å²) in [6, 6.07) is -3.92. The third-order valence-electron chi connectivity index (χ3n) is 10.5. The number of aromatic nitrogens is 2. The molecular formula is C36H55N7O6. The van der Waals surface area contributed by atoms with Crippen molar-refractivity contribution in [3.8, 4) is 0 Å². The molecule has 3 aliphatic rings. The molecule has 4 rings (SSSR count). The molecule has 1 saturated heterocycles. The number of likely N-dealkylation sites (tertiary alicyclic amines) is 1. The van der Waals surface area contributed by atoms with Gasteiger partial charge < -0.3 is 26.2 Å². The predicted octanol–water partition coefficient (Wildman–Crippen LogP) is 2.69. The van der Waals surface area contributed by atoms with Crippen molar-refractivity contribution in [1.29, 1.82) is 0 Å². The summed E-state index contributed by atoms with van der Waals surface area (Å²) in [6.07, 6.45) is 11.7. The van der Waals surface area contributed by atoms with Crippen LogP contribution < -0.4 is 21.3 Å². The van der Waals surface area contributed by atoms with Gasteiger partial charge in [0.15, 0.2) is 0 Å². The van der Waals surface area contributed by atoms with Crippen LogP contribution in [0.4, 0.5) is 0 Å². The zero-order valence-corrected chi connectivity index (χ0v) is 29.9. The standard InChI is InChI=1S/C36H55N7O6/c1-7-12-25(29(44)34(48)39-21(3)8-2)40-33(47)28-24-16-11-15-23(24)20-43(28)35(49)30(36(4,5)6)42-32(46)27(22-13-9-10-14-22)41-31(45)26-19-37-17-18-38-26/h17-19,21-25,27-28,30H,7-16,20H2,1-6H3,(H,39,48)(H,40,47)(H,41,45)(H,42,46)/t21-,23+,24+,25-,27+,28+,30-/m1/s1. The van der Waals surface area contributed by atoms with E-state index in [1.807, 2.05) is 41.5 Å². The fourth-order valence-electron chi connectivity index (χ4n) is 7.60. The Bertz CT molecular complexity index is 1360. The largest absolute Gasteiger partial charge is 0.347 e. The van der Waals surface area contributed by atoms with Gasteiger partial charge in [0, 0.05) is 25.0 Å². The van der Waals surface area contributed by atoms with E-state index in [2.05, 4.69) is 31.2 Å². The van der Waals surface area contributed by atoms with E-state index >= 15 is 0 Å². The maximum Gasteiger partial charge on any atom is 0.289 e. The van der Waals surface area contributed by atoms with Crippen molar-refractivity contribution >= 4 is 35.3 Å². The highest BCUT2D eigenvalue weighted by Crippen LogP contribution is 2.43. The molecule has 49 heavy (non-hydrogen) atoms. The second-order valence-corrected chi connectivity index (χ2v) is 15.2. The molecule has 3 fully saturated rings. The van der Waals surface area contributed by atoms with E-state index in [-0.39, 0.29) is 41.8 Å². The quantitative estimate of drug-likeness (QED) is 0.217. The van der Waals surface area contributed by atoms with Crippen molar-refractivity contribution in [2.75, 3.05) is 6.54 Å². The maximum atomic E-state index is 14.6. The Kier molecular flexibility index (Phi) is 12.9. The first-order chi connectivity index (χ1) is 23.3. The van der Waals surface area contributed by atoms with Gasteiger partial charge >= 0.3 is 0 Å². The van der Waals surface area contributed by atoms with Gasteiger partial charge in [-0.1, -0.05) is 60.3 Å². The summed E-state index contributed by atoms with van der Waals surface area (Å²) < 4.78 is 0. The molecule has 13 nitrogen and oxygen atoms in total. The Balaban J connectivity index is 1.56. The van der Waals surface area contributed by atoms with Crippen LogP contribution >= 0.6 is 0 Å². The summed E-state index contributed by atoms with van der Waals surface area (Å²) in [5.74, 6) is -3.33. The van der Waals surface area contributed by atoms with Crippen molar-refractivity contribution in [1.82, 2.24) is 36.1 Å². The topological polar surface area (TPSA) is 180 Å². The Morgan fingerprint density at radius 1 is 0.918 bits per heavy atom. The number of hydrogen-bond donors (Lipinski definition) is 4. The maximum absolute atomic E-state index is 14.6. The molecule has 1 aromatic heterocycles. The highest BCUT2D eigenvalue weighted by atomic mass is 16.2. The Morgan fingerprint density at radius 2 is 1.63 bits per heavy atom. The van der Waals surface area contributed by atoms with Crippen LogP contribution in [0.5, 0.6) is 0 Å². The minimum absolute atomic E-state index is 0.0934. The van der Waals surface area contributed by atoms with E-state index in [1.165, 1.54) is 18.6 Å². The molecule has 2 aliphatic carbocycles. The number of fused-ring (bicyclic) bond motifs is 1. The highest BCUT2D eigenvalue weighted by Gasteiger charge is 2.52. The molecule has 7 atom stereocenters. The second-order valence-electron chi connectivity index (χ2n) is 15.2. The Morgan fingerprint density at radius 3 is 2.24 bits per heavy atom. The van der Waals surface area contributed by atoms with Crippen LogP contribution in [-0.4, -0.2) is 86.9 Å². The third kappa shape index (κ3) is 9.21. The summed E-state index contributed by atoms with van der Waals surface area (Å²) in [7, 11) is 0. The van der Waals surface area contributed by atoms with E-state index in [0.29, 0.717) is 19.4 Å². The summed E-state index contributed by atoms with van der Waals surface area (Å²) >= 11 is 0. The van der Waals surface area contributed by atoms with Crippen LogP contribution in [0.1, 0.15) is 116 Å². The molecule has 1 aliphatic heterocycles. The summed E-state index contributed by atoms with van der Waals surface area (Å²) in [5.41, 5.74) is -0.647. The summed E-state index contributed by atoms with van der Waals surface area (Å²) in [4.78, 5) is 91.3. The van der Waals surface area contributed by atoms with Crippen molar-refractivity contribution in [3.05, 3.63) is 24.3 Å². The molecule has 4 N–H and O–H groups in total. The Labute approximate surface area is 289 Å². The van der Waals surface area contributed by atoms with E-state index in [9.17, 15) is 28.8 Å². The van der Waals surface area contributed by atoms with Crippen molar-refractivity contribution < 1.29 is 28.8 Å². The molecule has 13 heteroatoms. The average Bonchev–Trinajstić information content (AvgIpc) is 3.83. The molecule has 2 saturated carbocycles. The minimum atomic E-state index is -1.01. The van der Waals surface area contributed by atoms with Crippen LogP contribution in [0.3, 0.4) is 0 Å². The van der Waals surface area contributed by atoms with Crippen molar-refractivity contribution in [3.63, 3.8) is 0 Å². The smallest absolute Gasteiger partial charge is 0.289 e. The number of Topliss-reactive ketones (excluding diaryl/α,β-unsaturated/α-hetero) is 1. The normalized spacial score (nSPS) is 23.1. The van der Waals surface area contributed by atoms with E-state index < -0.39 is 59.0 Å². The van der Waals surface area contributed by atoms with E-state index in [0.717, 1.165) is 44.9 Å². The SMILES string of the molecule is CCC[C@@H](NC(=O)[C@@H]1[C@H]2CCC[C@H]2CN1C(=O)[C@@H](NC(=O)[C@@H](NC(=O)c1cnccn1)C1CCCC1)C(C)(C)C)C(=O)C(=O)N[C@H](C)CC. The van der Waals surface area contributed by atoms with Crippen molar-refractivity contribution in [2.24, 2.45) is 23.2 Å². The molecule has 0 spiro atoms. The lowest BCUT2D eigenvalue weighted by Gasteiger charge is -2.37. The average molecular weight is 682 g/mol. The molecule has 270 valence electrons. The zero-order chi connectivity index (χ0) is 35.9. The van der Waals surface area contributed by atoms with Gasteiger partial charge in [0.2, 0.25) is 23.5 Å². The van der Waals surface area contributed by atoms with Gasteiger partial charge in [-0.15, -0.1) is 0 Å². The number of carbonyl (C=O) groups excluding carboxylic acids is 6. The highest BCUT2D eigenvalue weighted by molar-refractivity contribution is 6.38. The number of nitrogens with zero attached hydrogens (tertiary/aromatic N) is 3. The second kappa shape index (κ2) is 16.7. The van der Waals surface area contributed by atoms with E-state index in [1.54, 1.807) is 4.90 Å². The molecule has 1 aromatic rings. The first-order valence-electron chi connectivity index (χ1n) is 18.1. The zero-order valence-electron chi connectivity index (χ0n) is 29.9. The van der Waals surface area contributed by atoms with Gasteiger partial charge in [-0.05, 0) is 68.6 Å². The summed E-state index contributed by atoms with van der Waals surface area (Å²) in [5, 5.41) is 11.4. The van der Waals surface area contributed by atoms with Gasteiger partial charge in [0.1, 0.15) is 23.8 Å². The van der Waals surface area contributed by atoms with Crippen molar-refractivity contribution in [2.45, 2.75) is 136 Å². The molecule has 0 unspecified atom stereocenters. The molecule has 0 aromatic carbocycles. The molecule has 0 radical (unpaired) electrons. The lowest BCUT2D eigenvalue weighted by Crippen LogP contribution is -2.62. The van der Waals surface area contributed by atoms with Gasteiger partial charge in [-0.25, -0.2) is 4.98 Å². The van der Waals surface area contributed by atoms with Crippen LogP contribution in [0.2, 0.25) is 0 Å². The number of carbonyl (C=O) groups is 6. The lowest BCUT2D eigenvalue weighted by molar-refractivity contribution is -0.146. The lowest BCUT2D eigenvalue weighted by atomic mass is 9.84. The fourth-order valence-corrected chi connectivity index (χ4v) is 7.60. The molecule has 0 bridgehead atoms. The van der Waals surface area contributed by atoms with Gasteiger partial charge in [-0.3, -0.25) is 33.8 Å². The van der Waals surface area contributed by atoms with Crippen LogP contribution in [0, 0.1) is 23.2 Å². The van der Waals surface area contributed by atoms with Gasteiger partial charge in [-0.2, -0.15) is 0 Å². The van der Waals surface area contributed by atoms with E-state index in [4.69, 9.17) is 0 Å². The number of hydrogen-bond acceptors (Lipinski definition) is 8. The first-order valence-corrected chi connectivity index (χ1v) is 18.1. The first kappa shape index (κ1) is 37.9. The van der Waals surface area contributed by atoms with Gasteiger partial charge in [0.05, 0.1) is 12.2 Å². The fraction of sp³-hybridized carbons (Fsp3) is 0.722. The van der Waals surface area contributed by atoms with Gasteiger partial charge in [0.25, 0.3) is 11.8 Å². The molecular weight excluding hydrogens is 626 g/mol. The number of nitrogens with one attached hydrogen (secondary N) is 4. The number of ketones is 1. The van der Waals surface area contributed by atoms with Crippen LogP contribution in [-0.2, 0) is 24.0 Å². The monoisotopic (exact) mass is 681 g/mol. The number of amides is 5. The summed E-state index contributed by atoms with van der Waals surface area (Å²) in [6.45, 7) is 11.5. The van der Waals surface area contributed by atoms with Crippen LogP contribution in [0.25, 0.3) is 0 Å².